The molecule has 0 unspecified atom stereocenters. The van der Waals surface area contributed by atoms with Crippen molar-refractivity contribution in [3.63, 3.8) is 0 Å². The van der Waals surface area contributed by atoms with E-state index in [9.17, 15) is 9.59 Å². The molecule has 2 fully saturated rings. The highest BCUT2D eigenvalue weighted by Gasteiger charge is 2.60. The van der Waals surface area contributed by atoms with Gasteiger partial charge in [0.2, 0.25) is 5.91 Å². The molecule has 162 valence electrons. The minimum atomic E-state index is -0.921. The van der Waals surface area contributed by atoms with Crippen molar-refractivity contribution in [1.29, 1.82) is 0 Å². The van der Waals surface area contributed by atoms with Gasteiger partial charge in [-0.3, -0.25) is 14.4 Å². The Morgan fingerprint density at radius 3 is 2.25 bits per heavy atom. The number of carbonyl (C=O) groups is 2. The highest BCUT2D eigenvalue weighted by atomic mass is 35.5. The summed E-state index contributed by atoms with van der Waals surface area (Å²) in [5.41, 5.74) is 2.95. The summed E-state index contributed by atoms with van der Waals surface area (Å²) >= 11 is 6.26. The second kappa shape index (κ2) is 7.97. The maximum atomic E-state index is 13.6. The summed E-state index contributed by atoms with van der Waals surface area (Å²) in [4.78, 5) is 34.3. The number of benzene rings is 3. The maximum Gasteiger partial charge on any atom is 0.266 e. The first kappa shape index (κ1) is 20.5. The number of hydrogen-bond acceptors (Lipinski definition) is 5. The lowest BCUT2D eigenvalue weighted by atomic mass is 9.90. The van der Waals surface area contributed by atoms with Gasteiger partial charge in [0.1, 0.15) is 11.7 Å². The van der Waals surface area contributed by atoms with E-state index in [-0.39, 0.29) is 5.91 Å². The molecule has 2 amide bonds. The van der Waals surface area contributed by atoms with Crippen molar-refractivity contribution in [2.75, 3.05) is 17.1 Å². The van der Waals surface area contributed by atoms with Gasteiger partial charge in [-0.2, -0.15) is 0 Å². The molecule has 2 aliphatic rings. The van der Waals surface area contributed by atoms with Crippen LogP contribution in [-0.4, -0.2) is 25.0 Å². The highest BCUT2D eigenvalue weighted by Crippen LogP contribution is 2.47. The van der Waals surface area contributed by atoms with Crippen LogP contribution in [0.15, 0.2) is 72.8 Å². The van der Waals surface area contributed by atoms with Gasteiger partial charge in [-0.15, -0.1) is 0 Å². The van der Waals surface area contributed by atoms with Crippen LogP contribution in [0.1, 0.15) is 17.2 Å². The van der Waals surface area contributed by atoms with Crippen LogP contribution in [0.25, 0.3) is 0 Å². The van der Waals surface area contributed by atoms with E-state index in [2.05, 4.69) is 0 Å². The van der Waals surface area contributed by atoms with Crippen molar-refractivity contribution in [3.8, 4) is 5.75 Å². The molecule has 0 aromatic heterocycles. The third-order valence-corrected chi connectivity index (χ3v) is 6.40. The molecule has 0 N–H and O–H groups in total. The number of amides is 2. The van der Waals surface area contributed by atoms with Crippen LogP contribution in [0.5, 0.6) is 5.75 Å². The fraction of sp³-hybridized carbons (Fsp3) is 0.200. The topological polar surface area (TPSA) is 59.1 Å². The Hall–Kier alpha value is -3.35. The number of rotatable bonds is 4. The molecule has 0 bridgehead atoms. The van der Waals surface area contributed by atoms with Crippen molar-refractivity contribution in [2.45, 2.75) is 19.1 Å². The van der Waals surface area contributed by atoms with E-state index in [0.717, 1.165) is 16.8 Å². The molecule has 0 aliphatic carbocycles. The number of methoxy groups -OCH3 is 1. The second-order valence-corrected chi connectivity index (χ2v) is 8.28. The Morgan fingerprint density at radius 1 is 0.906 bits per heavy atom. The van der Waals surface area contributed by atoms with Gasteiger partial charge in [0.15, 0.2) is 6.10 Å². The van der Waals surface area contributed by atoms with E-state index >= 15 is 0 Å². The molecule has 0 saturated carbocycles. The number of ether oxygens (including phenoxy) is 1. The van der Waals surface area contributed by atoms with Crippen molar-refractivity contribution in [1.82, 2.24) is 0 Å². The predicted octanol–water partition coefficient (Wildman–Crippen LogP) is 4.71. The Morgan fingerprint density at radius 2 is 1.59 bits per heavy atom. The minimum Gasteiger partial charge on any atom is -0.497 e. The average Bonchev–Trinajstić information content (AvgIpc) is 3.32. The van der Waals surface area contributed by atoms with Gasteiger partial charge in [-0.05, 0) is 54.4 Å². The number of nitrogens with zero attached hydrogens (tertiary/aromatic N) is 2. The molecule has 0 spiro atoms. The molecular formula is C25H21ClN2O4. The summed E-state index contributed by atoms with van der Waals surface area (Å²) in [5.74, 6) is -0.673. The first-order chi connectivity index (χ1) is 15.5. The largest absolute Gasteiger partial charge is 0.497 e. The highest BCUT2D eigenvalue weighted by molar-refractivity contribution is 6.32. The average molecular weight is 449 g/mol. The molecule has 32 heavy (non-hydrogen) atoms. The Balaban J connectivity index is 1.56. The first-order valence-corrected chi connectivity index (χ1v) is 10.7. The van der Waals surface area contributed by atoms with Crippen LogP contribution in [0.2, 0.25) is 5.02 Å². The quantitative estimate of drug-likeness (QED) is 0.541. The lowest BCUT2D eigenvalue weighted by Gasteiger charge is -2.29. The molecule has 7 heteroatoms. The molecule has 0 radical (unpaired) electrons. The Bertz CT molecular complexity index is 1180. The van der Waals surface area contributed by atoms with Crippen LogP contribution >= 0.6 is 11.6 Å². The van der Waals surface area contributed by atoms with Crippen LogP contribution in [0.4, 0.5) is 11.4 Å². The summed E-state index contributed by atoms with van der Waals surface area (Å²) in [7, 11) is 1.60. The fourth-order valence-electron chi connectivity index (χ4n) is 4.33. The molecule has 3 atom stereocenters. The van der Waals surface area contributed by atoms with Gasteiger partial charge in [0.25, 0.3) is 5.91 Å². The zero-order valence-electron chi connectivity index (χ0n) is 17.6. The van der Waals surface area contributed by atoms with E-state index in [1.54, 1.807) is 30.4 Å². The number of anilines is 2. The summed E-state index contributed by atoms with van der Waals surface area (Å²) < 4.78 is 5.25. The van der Waals surface area contributed by atoms with Crippen molar-refractivity contribution in [3.05, 3.63) is 88.9 Å². The van der Waals surface area contributed by atoms with Gasteiger partial charge in [0.05, 0.1) is 24.5 Å². The van der Waals surface area contributed by atoms with Crippen LogP contribution in [0, 0.1) is 12.8 Å². The monoisotopic (exact) mass is 448 g/mol. The van der Waals surface area contributed by atoms with Gasteiger partial charge < -0.3 is 4.74 Å². The summed E-state index contributed by atoms with van der Waals surface area (Å²) in [6, 6.07) is 21.7. The number of hydrogen-bond donors (Lipinski definition) is 0. The zero-order valence-corrected chi connectivity index (χ0v) is 18.3. The third-order valence-electron chi connectivity index (χ3n) is 6.00. The molecule has 2 heterocycles. The van der Waals surface area contributed by atoms with E-state index in [4.69, 9.17) is 21.2 Å². The van der Waals surface area contributed by atoms with Gasteiger partial charge in [-0.25, -0.2) is 9.96 Å². The van der Waals surface area contributed by atoms with E-state index in [0.29, 0.717) is 16.5 Å². The number of imide groups is 1. The van der Waals surface area contributed by atoms with Crippen LogP contribution in [-0.2, 0) is 14.4 Å². The van der Waals surface area contributed by atoms with Gasteiger partial charge in [0, 0.05) is 5.02 Å². The second-order valence-electron chi connectivity index (χ2n) is 7.88. The number of halogens is 1. The Labute approximate surface area is 190 Å². The van der Waals surface area contributed by atoms with Crippen molar-refractivity contribution < 1.29 is 19.2 Å². The number of fused-ring (bicyclic) bond motifs is 1. The minimum absolute atomic E-state index is 0.301. The van der Waals surface area contributed by atoms with Crippen molar-refractivity contribution >= 4 is 34.8 Å². The maximum absolute atomic E-state index is 13.6. The van der Waals surface area contributed by atoms with Crippen molar-refractivity contribution in [2.24, 2.45) is 5.92 Å². The smallest absolute Gasteiger partial charge is 0.266 e. The molecule has 6 nitrogen and oxygen atoms in total. The zero-order chi connectivity index (χ0) is 22.4. The lowest BCUT2D eigenvalue weighted by molar-refractivity contribution is -0.126. The molecule has 2 aliphatic heterocycles. The molecule has 3 aromatic rings. The van der Waals surface area contributed by atoms with E-state index in [1.165, 1.54) is 4.90 Å². The predicted molar refractivity (Wildman–Crippen MR) is 122 cm³/mol. The van der Waals surface area contributed by atoms with E-state index in [1.807, 2.05) is 61.5 Å². The normalized spacial score (nSPS) is 22.4. The molecule has 2 saturated heterocycles. The summed E-state index contributed by atoms with van der Waals surface area (Å²) in [6.45, 7) is 1.87. The van der Waals surface area contributed by atoms with E-state index < -0.39 is 24.0 Å². The molecule has 5 rings (SSSR count). The third kappa shape index (κ3) is 3.23. The van der Waals surface area contributed by atoms with Gasteiger partial charge in [-0.1, -0.05) is 48.0 Å². The standard InChI is InChI=1S/C25H21ClN2O4/c1-15-8-9-18(14-20(15)26)27-24(29)21-22(16-6-4-3-5-7-16)28(32-23(21)25(27)30)17-10-12-19(31-2)13-11-17/h3-14,21-23H,1-2H3/t21-,22+,23-/m1/s1. The first-order valence-electron chi connectivity index (χ1n) is 10.3. The SMILES string of the molecule is COc1ccc(N2O[C@H]3C(=O)N(c4ccc(C)c(Cl)c4)C(=O)[C@@H]3[C@@H]2c2ccccc2)cc1. The number of aryl methyl sites for hydroxylation is 1. The lowest BCUT2D eigenvalue weighted by Crippen LogP contribution is -2.37. The molecular weight excluding hydrogens is 428 g/mol. The fourth-order valence-corrected chi connectivity index (χ4v) is 4.51. The Kier molecular flexibility index (Phi) is 5.12. The molecule has 3 aromatic carbocycles. The van der Waals surface area contributed by atoms with Gasteiger partial charge >= 0.3 is 0 Å². The number of carbonyl (C=O) groups excluding carboxylic acids is 2. The number of hydroxylamine groups is 1. The summed E-state index contributed by atoms with van der Waals surface area (Å²) in [5, 5.41) is 2.17. The van der Waals surface area contributed by atoms with Crippen LogP contribution < -0.4 is 14.7 Å². The van der Waals surface area contributed by atoms with Crippen LogP contribution in [0.3, 0.4) is 0 Å². The summed E-state index contributed by atoms with van der Waals surface area (Å²) in [6.07, 6.45) is -0.921.